The molecule has 0 radical (unpaired) electrons. The van der Waals surface area contributed by atoms with Crippen LogP contribution < -0.4 is 5.32 Å². The molecule has 0 saturated carbocycles. The second-order valence-electron chi connectivity index (χ2n) is 5.19. The molecule has 1 aromatic rings. The van der Waals surface area contributed by atoms with Crippen LogP contribution in [-0.4, -0.2) is 42.9 Å². The van der Waals surface area contributed by atoms with Crippen LogP contribution in [0.3, 0.4) is 0 Å². The maximum atomic E-state index is 12.9. The highest BCUT2D eigenvalue weighted by molar-refractivity contribution is 7.93. The third-order valence-electron chi connectivity index (χ3n) is 3.67. The second-order valence-corrected chi connectivity index (χ2v) is 7.49. The number of halogens is 1. The fraction of sp³-hybridized carbons (Fsp3) is 0.429. The lowest BCUT2D eigenvalue weighted by atomic mass is 9.99. The zero-order chi connectivity index (χ0) is 16.3. The smallest absolute Gasteiger partial charge is 0.312 e. The average molecular weight is 329 g/mol. The molecule has 2 unspecified atom stereocenters. The normalized spacial score (nSPS) is 21.2. The first-order valence-corrected chi connectivity index (χ1v) is 8.50. The third-order valence-corrected chi connectivity index (χ3v) is 5.85. The van der Waals surface area contributed by atoms with E-state index in [1.807, 2.05) is 0 Å². The van der Waals surface area contributed by atoms with Gasteiger partial charge in [0.1, 0.15) is 11.1 Å². The molecule has 1 aliphatic heterocycles. The zero-order valence-corrected chi connectivity index (χ0v) is 12.5. The molecule has 1 heterocycles. The quantitative estimate of drug-likeness (QED) is 0.828. The van der Waals surface area contributed by atoms with Gasteiger partial charge >= 0.3 is 5.97 Å². The van der Waals surface area contributed by atoms with Crippen LogP contribution in [0.15, 0.2) is 24.3 Å². The Labute approximate surface area is 127 Å². The predicted octanol–water partition coefficient (Wildman–Crippen LogP) is 0.687. The van der Waals surface area contributed by atoms with E-state index >= 15 is 0 Å². The molecular weight excluding hydrogens is 313 g/mol. The molecule has 120 valence electrons. The minimum absolute atomic E-state index is 0.0224. The number of carbonyl (C=O) groups excluding carboxylic acids is 1. The molecular formula is C14H16FNO5S. The Morgan fingerprint density at radius 2 is 1.95 bits per heavy atom. The van der Waals surface area contributed by atoms with Crippen molar-refractivity contribution < 1.29 is 27.5 Å². The molecule has 1 amide bonds. The van der Waals surface area contributed by atoms with Gasteiger partial charge in [0.05, 0.1) is 11.7 Å². The number of carbonyl (C=O) groups is 2. The molecule has 1 saturated heterocycles. The van der Waals surface area contributed by atoms with Crippen LogP contribution in [0.4, 0.5) is 4.39 Å². The van der Waals surface area contributed by atoms with Gasteiger partial charge in [-0.25, -0.2) is 12.8 Å². The van der Waals surface area contributed by atoms with E-state index in [1.54, 1.807) is 0 Å². The zero-order valence-electron chi connectivity index (χ0n) is 11.7. The Morgan fingerprint density at radius 3 is 2.45 bits per heavy atom. The number of benzene rings is 1. The molecule has 0 bridgehead atoms. The lowest BCUT2D eigenvalue weighted by Crippen LogP contribution is -2.40. The van der Waals surface area contributed by atoms with Crippen LogP contribution in [0.5, 0.6) is 0 Å². The van der Waals surface area contributed by atoms with Gasteiger partial charge in [0.2, 0.25) is 5.91 Å². The lowest BCUT2D eigenvalue weighted by molar-refractivity contribution is -0.138. The van der Waals surface area contributed by atoms with Crippen molar-refractivity contribution in [2.75, 3.05) is 12.3 Å². The molecule has 1 aromatic carbocycles. The van der Waals surface area contributed by atoms with Crippen molar-refractivity contribution in [2.45, 2.75) is 24.0 Å². The van der Waals surface area contributed by atoms with Gasteiger partial charge in [-0.1, -0.05) is 12.1 Å². The summed E-state index contributed by atoms with van der Waals surface area (Å²) in [6.45, 7) is -0.244. The monoisotopic (exact) mass is 329 g/mol. The van der Waals surface area contributed by atoms with Crippen LogP contribution in [0.2, 0.25) is 0 Å². The number of sulfone groups is 1. The fourth-order valence-corrected chi connectivity index (χ4v) is 4.23. The summed E-state index contributed by atoms with van der Waals surface area (Å²) in [6.07, 6.45) is 0.684. The molecule has 2 N–H and O–H groups in total. The van der Waals surface area contributed by atoms with Gasteiger partial charge in [-0.05, 0) is 30.5 Å². The van der Waals surface area contributed by atoms with Crippen molar-refractivity contribution in [2.24, 2.45) is 0 Å². The maximum Gasteiger partial charge on any atom is 0.312 e. The summed E-state index contributed by atoms with van der Waals surface area (Å²) in [6, 6.07) is 4.92. The average Bonchev–Trinajstić information content (AvgIpc) is 2.80. The van der Waals surface area contributed by atoms with E-state index in [2.05, 4.69) is 5.32 Å². The molecule has 6 nitrogen and oxygen atoms in total. The number of aliphatic carboxylic acids is 1. The molecule has 2 atom stereocenters. The van der Waals surface area contributed by atoms with Gasteiger partial charge < -0.3 is 10.4 Å². The second kappa shape index (κ2) is 6.43. The summed E-state index contributed by atoms with van der Waals surface area (Å²) < 4.78 is 36.2. The highest BCUT2D eigenvalue weighted by atomic mass is 32.2. The van der Waals surface area contributed by atoms with Crippen LogP contribution in [0.25, 0.3) is 0 Å². The van der Waals surface area contributed by atoms with Crippen molar-refractivity contribution in [3.63, 3.8) is 0 Å². The summed E-state index contributed by atoms with van der Waals surface area (Å²) in [5.74, 6) is -3.43. The molecule has 1 fully saturated rings. The summed E-state index contributed by atoms with van der Waals surface area (Å²) >= 11 is 0. The van der Waals surface area contributed by atoms with Gasteiger partial charge in [0.15, 0.2) is 9.84 Å². The summed E-state index contributed by atoms with van der Waals surface area (Å²) in [7, 11) is -3.43. The molecule has 8 heteroatoms. The minimum atomic E-state index is -3.43. The van der Waals surface area contributed by atoms with Crippen molar-refractivity contribution in [1.82, 2.24) is 5.32 Å². The summed E-state index contributed by atoms with van der Waals surface area (Å²) in [5, 5.41) is 10.5. The predicted molar refractivity (Wildman–Crippen MR) is 76.6 cm³/mol. The highest BCUT2D eigenvalue weighted by Gasteiger charge is 2.37. The van der Waals surface area contributed by atoms with Crippen molar-refractivity contribution in [3.05, 3.63) is 35.6 Å². The van der Waals surface area contributed by atoms with Crippen molar-refractivity contribution >= 4 is 21.7 Å². The van der Waals surface area contributed by atoms with E-state index in [4.69, 9.17) is 0 Å². The standard InChI is InChI=1S/C14H16FNO5S/c15-10-5-3-9(4-6-10)11(14(18)19)8-16-13(17)12-2-1-7-22(12,20)21/h3-6,11-12H,1-2,7-8H2,(H,16,17)(H,18,19). The van der Waals surface area contributed by atoms with E-state index in [9.17, 15) is 27.5 Å². The number of amides is 1. The van der Waals surface area contributed by atoms with E-state index in [-0.39, 0.29) is 18.7 Å². The molecule has 0 aromatic heterocycles. The summed E-state index contributed by atoms with van der Waals surface area (Å²) in [4.78, 5) is 23.2. The van der Waals surface area contributed by atoms with Crippen LogP contribution in [-0.2, 0) is 19.4 Å². The lowest BCUT2D eigenvalue weighted by Gasteiger charge is -2.16. The number of hydrogen-bond acceptors (Lipinski definition) is 4. The Balaban J connectivity index is 2.05. The van der Waals surface area contributed by atoms with Gasteiger partial charge in [-0.15, -0.1) is 0 Å². The van der Waals surface area contributed by atoms with Gasteiger partial charge in [-0.2, -0.15) is 0 Å². The molecule has 0 aliphatic carbocycles. The van der Waals surface area contributed by atoms with E-state index in [0.717, 1.165) is 12.1 Å². The first-order chi connectivity index (χ1) is 10.3. The van der Waals surface area contributed by atoms with E-state index < -0.39 is 38.7 Å². The number of carboxylic acid groups (broad SMARTS) is 1. The van der Waals surface area contributed by atoms with Gasteiger partial charge in [0.25, 0.3) is 0 Å². The number of rotatable bonds is 5. The number of hydrogen-bond donors (Lipinski definition) is 2. The number of carboxylic acids is 1. The minimum Gasteiger partial charge on any atom is -0.481 e. The summed E-state index contributed by atoms with van der Waals surface area (Å²) in [5.41, 5.74) is 0.337. The molecule has 1 aliphatic rings. The Bertz CT molecular complexity index is 671. The van der Waals surface area contributed by atoms with Crippen LogP contribution in [0.1, 0.15) is 24.3 Å². The van der Waals surface area contributed by atoms with Crippen molar-refractivity contribution in [1.29, 1.82) is 0 Å². The molecule has 2 rings (SSSR count). The van der Waals surface area contributed by atoms with E-state index in [1.165, 1.54) is 12.1 Å². The molecule has 0 spiro atoms. The van der Waals surface area contributed by atoms with Gasteiger partial charge in [0, 0.05) is 6.54 Å². The van der Waals surface area contributed by atoms with E-state index in [0.29, 0.717) is 12.0 Å². The van der Waals surface area contributed by atoms with Crippen molar-refractivity contribution in [3.8, 4) is 0 Å². The Morgan fingerprint density at radius 1 is 1.32 bits per heavy atom. The molecule has 22 heavy (non-hydrogen) atoms. The number of nitrogens with one attached hydrogen (secondary N) is 1. The Kier molecular flexibility index (Phi) is 4.80. The Hall–Kier alpha value is -1.96. The topological polar surface area (TPSA) is 101 Å². The third kappa shape index (κ3) is 3.62. The largest absolute Gasteiger partial charge is 0.481 e. The first-order valence-electron chi connectivity index (χ1n) is 6.79. The fourth-order valence-electron chi connectivity index (χ4n) is 2.45. The van der Waals surface area contributed by atoms with Gasteiger partial charge in [-0.3, -0.25) is 9.59 Å². The first kappa shape index (κ1) is 16.4. The van der Waals surface area contributed by atoms with Crippen LogP contribution >= 0.6 is 0 Å². The maximum absolute atomic E-state index is 12.9. The van der Waals surface area contributed by atoms with Crippen LogP contribution in [0, 0.1) is 5.82 Å². The SMILES string of the molecule is O=C(O)C(CNC(=O)C1CCCS1(=O)=O)c1ccc(F)cc1. The highest BCUT2D eigenvalue weighted by Crippen LogP contribution is 2.21.